The number of hydrogen-bond acceptors (Lipinski definition) is 3. The van der Waals surface area contributed by atoms with E-state index in [4.69, 9.17) is 4.74 Å². The minimum absolute atomic E-state index is 0. The number of fused-ring (bicyclic) bond motifs is 1. The smallest absolute Gasteiger partial charge is 0.124 e. The topological polar surface area (TPSA) is 41.5 Å². The molecule has 3 nitrogen and oxygen atoms in total. The molecule has 0 saturated heterocycles. The molecule has 1 unspecified atom stereocenters. The molecule has 3 rings (SSSR count). The molecule has 3 aromatic rings. The number of ether oxygens (including phenoxy) is 1. The Kier molecular flexibility index (Phi) is 8.04. The van der Waals surface area contributed by atoms with Gasteiger partial charge in [0, 0.05) is 18.2 Å². The number of nitrogens with one attached hydrogen (secondary N) is 1. The number of halogens is 2. The van der Waals surface area contributed by atoms with E-state index in [2.05, 4.69) is 17.4 Å². The Morgan fingerprint density at radius 3 is 2.48 bits per heavy atom. The maximum Gasteiger partial charge on any atom is 0.124 e. The molecule has 0 aliphatic rings. The Morgan fingerprint density at radius 2 is 1.78 bits per heavy atom. The van der Waals surface area contributed by atoms with E-state index in [9.17, 15) is 9.50 Å². The number of benzene rings is 3. The molecule has 0 radical (unpaired) electrons. The zero-order chi connectivity index (χ0) is 18.4. The summed E-state index contributed by atoms with van der Waals surface area (Å²) in [7, 11) is 0. The summed E-state index contributed by atoms with van der Waals surface area (Å²) in [5.74, 6) is 0.548. The Morgan fingerprint density at radius 1 is 1.04 bits per heavy atom. The van der Waals surface area contributed by atoms with Crippen LogP contribution in [0.5, 0.6) is 5.75 Å². The van der Waals surface area contributed by atoms with Gasteiger partial charge in [-0.2, -0.15) is 0 Å². The van der Waals surface area contributed by atoms with Crippen molar-refractivity contribution >= 4 is 23.2 Å². The standard InChI is InChI=1S/C22H24FNO2.ClH/c1-2-19(14-25)24-13-21-20-6-4-3-5-17(20)9-12-22(21)26-15-16-7-10-18(23)11-8-16;/h3-12,19,24-25H,2,13-15H2,1H3;1H. The second-order valence-electron chi connectivity index (χ2n) is 6.35. The van der Waals surface area contributed by atoms with Crippen LogP contribution in [0.2, 0.25) is 0 Å². The summed E-state index contributed by atoms with van der Waals surface area (Å²) in [6.07, 6.45) is 0.854. The monoisotopic (exact) mass is 389 g/mol. The zero-order valence-corrected chi connectivity index (χ0v) is 16.1. The number of rotatable bonds is 8. The van der Waals surface area contributed by atoms with E-state index in [0.717, 1.165) is 34.1 Å². The lowest BCUT2D eigenvalue weighted by atomic mass is 10.0. The third-order valence-corrected chi connectivity index (χ3v) is 4.59. The van der Waals surface area contributed by atoms with Gasteiger partial charge in [-0.3, -0.25) is 0 Å². The van der Waals surface area contributed by atoms with Crippen LogP contribution < -0.4 is 10.1 Å². The molecule has 144 valence electrons. The fraction of sp³-hybridized carbons (Fsp3) is 0.273. The van der Waals surface area contributed by atoms with Gasteiger partial charge >= 0.3 is 0 Å². The Balaban J connectivity index is 0.00000261. The van der Waals surface area contributed by atoms with Crippen molar-refractivity contribution in [1.29, 1.82) is 0 Å². The maximum atomic E-state index is 13.1. The lowest BCUT2D eigenvalue weighted by Gasteiger charge is -2.18. The van der Waals surface area contributed by atoms with Crippen LogP contribution in [0, 0.1) is 5.82 Å². The van der Waals surface area contributed by atoms with E-state index in [-0.39, 0.29) is 30.9 Å². The number of aliphatic hydroxyl groups excluding tert-OH is 1. The van der Waals surface area contributed by atoms with E-state index < -0.39 is 0 Å². The van der Waals surface area contributed by atoms with E-state index in [0.29, 0.717) is 13.2 Å². The minimum Gasteiger partial charge on any atom is -0.489 e. The lowest BCUT2D eigenvalue weighted by molar-refractivity contribution is 0.237. The number of aliphatic hydroxyl groups is 1. The van der Waals surface area contributed by atoms with Crippen LogP contribution in [0.3, 0.4) is 0 Å². The predicted octanol–water partition coefficient (Wildman–Crippen LogP) is 4.84. The highest BCUT2D eigenvalue weighted by Crippen LogP contribution is 2.29. The van der Waals surface area contributed by atoms with Gasteiger partial charge < -0.3 is 15.2 Å². The summed E-state index contributed by atoms with van der Waals surface area (Å²) >= 11 is 0. The molecule has 0 aliphatic heterocycles. The summed E-state index contributed by atoms with van der Waals surface area (Å²) < 4.78 is 19.1. The summed E-state index contributed by atoms with van der Waals surface area (Å²) in [6, 6.07) is 18.6. The van der Waals surface area contributed by atoms with Crippen molar-refractivity contribution in [3.8, 4) is 5.75 Å². The summed E-state index contributed by atoms with van der Waals surface area (Å²) in [4.78, 5) is 0. The first-order valence-electron chi connectivity index (χ1n) is 8.93. The van der Waals surface area contributed by atoms with Crippen LogP contribution in [0.4, 0.5) is 4.39 Å². The SMILES string of the molecule is CCC(CO)NCc1c(OCc2ccc(F)cc2)ccc2ccccc12.Cl. The fourth-order valence-corrected chi connectivity index (χ4v) is 2.96. The largest absolute Gasteiger partial charge is 0.489 e. The van der Waals surface area contributed by atoms with E-state index in [1.54, 1.807) is 12.1 Å². The average molecular weight is 390 g/mol. The van der Waals surface area contributed by atoms with Gasteiger partial charge in [-0.05, 0) is 41.0 Å². The first kappa shape index (κ1) is 21.2. The molecule has 0 saturated carbocycles. The van der Waals surface area contributed by atoms with Crippen molar-refractivity contribution in [3.63, 3.8) is 0 Å². The van der Waals surface area contributed by atoms with Gasteiger partial charge in [-0.15, -0.1) is 12.4 Å². The van der Waals surface area contributed by atoms with Crippen LogP contribution in [-0.4, -0.2) is 17.8 Å². The molecule has 0 heterocycles. The van der Waals surface area contributed by atoms with Crippen LogP contribution in [0.1, 0.15) is 24.5 Å². The normalized spacial score (nSPS) is 11.8. The van der Waals surface area contributed by atoms with Crippen LogP contribution >= 0.6 is 12.4 Å². The van der Waals surface area contributed by atoms with Gasteiger partial charge in [0.15, 0.2) is 0 Å². The maximum absolute atomic E-state index is 13.1. The molecule has 27 heavy (non-hydrogen) atoms. The highest BCUT2D eigenvalue weighted by Gasteiger charge is 2.11. The molecular formula is C22H25ClFNO2. The van der Waals surface area contributed by atoms with Gasteiger partial charge in [0.05, 0.1) is 6.61 Å². The van der Waals surface area contributed by atoms with E-state index in [1.165, 1.54) is 12.1 Å². The molecule has 3 aromatic carbocycles. The second-order valence-corrected chi connectivity index (χ2v) is 6.35. The summed E-state index contributed by atoms with van der Waals surface area (Å²) in [5, 5.41) is 15.1. The molecular weight excluding hydrogens is 365 g/mol. The van der Waals surface area contributed by atoms with Crippen molar-refractivity contribution in [2.45, 2.75) is 32.5 Å². The van der Waals surface area contributed by atoms with Crippen LogP contribution in [0.15, 0.2) is 60.7 Å². The van der Waals surface area contributed by atoms with Crippen molar-refractivity contribution in [2.75, 3.05) is 6.61 Å². The first-order chi connectivity index (χ1) is 12.7. The summed E-state index contributed by atoms with van der Waals surface area (Å²) in [6.45, 7) is 3.14. The molecule has 5 heteroatoms. The molecule has 0 spiro atoms. The molecule has 2 N–H and O–H groups in total. The van der Waals surface area contributed by atoms with Crippen molar-refractivity contribution in [3.05, 3.63) is 77.6 Å². The zero-order valence-electron chi connectivity index (χ0n) is 15.3. The molecule has 0 aliphatic carbocycles. The highest BCUT2D eigenvalue weighted by atomic mass is 35.5. The van der Waals surface area contributed by atoms with Crippen LogP contribution in [-0.2, 0) is 13.2 Å². The van der Waals surface area contributed by atoms with Gasteiger partial charge in [0.2, 0.25) is 0 Å². The molecule has 0 bridgehead atoms. The Hall–Kier alpha value is -2.14. The first-order valence-corrected chi connectivity index (χ1v) is 8.93. The quantitative estimate of drug-likeness (QED) is 0.579. The van der Waals surface area contributed by atoms with Gasteiger partial charge in [-0.25, -0.2) is 4.39 Å². The average Bonchev–Trinajstić information content (AvgIpc) is 2.68. The lowest BCUT2D eigenvalue weighted by Crippen LogP contribution is -2.31. The van der Waals surface area contributed by atoms with Crippen LogP contribution in [0.25, 0.3) is 10.8 Å². The van der Waals surface area contributed by atoms with Gasteiger partial charge in [0.25, 0.3) is 0 Å². The van der Waals surface area contributed by atoms with Crippen molar-refractivity contribution in [2.24, 2.45) is 0 Å². The molecule has 0 amide bonds. The third kappa shape index (κ3) is 5.42. The van der Waals surface area contributed by atoms with Gasteiger partial charge in [-0.1, -0.05) is 49.4 Å². The molecule has 0 aromatic heterocycles. The minimum atomic E-state index is -0.251. The Labute approximate surface area is 165 Å². The Bertz CT molecular complexity index is 851. The van der Waals surface area contributed by atoms with Gasteiger partial charge in [0.1, 0.15) is 18.2 Å². The van der Waals surface area contributed by atoms with E-state index >= 15 is 0 Å². The number of hydrogen-bond donors (Lipinski definition) is 2. The summed E-state index contributed by atoms with van der Waals surface area (Å²) in [5.41, 5.74) is 1.98. The van der Waals surface area contributed by atoms with Crippen molar-refractivity contribution in [1.82, 2.24) is 5.32 Å². The van der Waals surface area contributed by atoms with E-state index in [1.807, 2.05) is 31.2 Å². The van der Waals surface area contributed by atoms with Crippen molar-refractivity contribution < 1.29 is 14.2 Å². The third-order valence-electron chi connectivity index (χ3n) is 4.59. The molecule has 0 fully saturated rings. The second kappa shape index (κ2) is 10.3. The predicted molar refractivity (Wildman–Crippen MR) is 110 cm³/mol. The highest BCUT2D eigenvalue weighted by molar-refractivity contribution is 5.87. The molecule has 1 atom stereocenters. The fourth-order valence-electron chi connectivity index (χ4n) is 2.96.